The Balaban J connectivity index is 1.90. The zero-order valence-corrected chi connectivity index (χ0v) is 14.4. The Kier molecular flexibility index (Phi) is 4.63. The van der Waals surface area contributed by atoms with Crippen LogP contribution in [-0.4, -0.2) is 23.7 Å². The van der Waals surface area contributed by atoms with Crippen molar-refractivity contribution in [2.75, 3.05) is 18.1 Å². The van der Waals surface area contributed by atoms with Gasteiger partial charge in [0, 0.05) is 28.3 Å². The maximum atomic E-state index is 6.46. The lowest BCUT2D eigenvalue weighted by Gasteiger charge is -2.44. The first-order chi connectivity index (χ1) is 9.72. The normalized spacial score (nSPS) is 29.0. The number of rotatable bonds is 3. The van der Waals surface area contributed by atoms with Crippen molar-refractivity contribution in [3.05, 3.63) is 28.2 Å². The lowest BCUT2D eigenvalue weighted by atomic mass is 9.85. The van der Waals surface area contributed by atoms with Crippen LogP contribution in [0.3, 0.4) is 0 Å². The third-order valence-electron chi connectivity index (χ3n) is 4.18. The van der Waals surface area contributed by atoms with Crippen molar-refractivity contribution >= 4 is 27.7 Å². The van der Waals surface area contributed by atoms with Gasteiger partial charge < -0.3 is 10.1 Å². The van der Waals surface area contributed by atoms with Gasteiger partial charge in [-0.3, -0.25) is 0 Å². The second-order valence-electron chi connectivity index (χ2n) is 5.83. The Bertz CT molecular complexity index is 474. The molecule has 0 aromatic heterocycles. The number of hydrogen-bond donors (Lipinski definition) is 1. The van der Waals surface area contributed by atoms with Gasteiger partial charge in [0.25, 0.3) is 0 Å². The van der Waals surface area contributed by atoms with E-state index in [-0.39, 0.29) is 5.60 Å². The fourth-order valence-electron chi connectivity index (χ4n) is 3.21. The highest BCUT2D eigenvalue weighted by Crippen LogP contribution is 2.45. The molecule has 2 unspecified atom stereocenters. The molecule has 2 aliphatic heterocycles. The van der Waals surface area contributed by atoms with Crippen molar-refractivity contribution in [3.8, 4) is 5.75 Å². The van der Waals surface area contributed by atoms with E-state index < -0.39 is 0 Å². The van der Waals surface area contributed by atoms with Crippen molar-refractivity contribution in [2.45, 2.75) is 44.2 Å². The molecule has 4 heteroatoms. The van der Waals surface area contributed by atoms with Crippen LogP contribution in [0.25, 0.3) is 0 Å². The van der Waals surface area contributed by atoms with Gasteiger partial charge in [0.15, 0.2) is 0 Å². The highest BCUT2D eigenvalue weighted by atomic mass is 79.9. The van der Waals surface area contributed by atoms with E-state index in [9.17, 15) is 0 Å². The molecule has 2 nitrogen and oxygen atoms in total. The second kappa shape index (κ2) is 6.29. The Morgan fingerprint density at radius 2 is 2.40 bits per heavy atom. The van der Waals surface area contributed by atoms with Crippen molar-refractivity contribution in [1.29, 1.82) is 0 Å². The molecule has 1 fully saturated rings. The first-order valence-corrected chi connectivity index (χ1v) is 9.47. The first-order valence-electron chi connectivity index (χ1n) is 7.52. The lowest BCUT2D eigenvalue weighted by molar-refractivity contribution is 0.0413. The average Bonchev–Trinajstić information content (AvgIpc) is 2.45. The summed E-state index contributed by atoms with van der Waals surface area (Å²) in [6.45, 7) is 3.30. The number of benzene rings is 1. The zero-order chi connectivity index (χ0) is 14.0. The van der Waals surface area contributed by atoms with Gasteiger partial charge in [-0.05, 0) is 43.7 Å². The molecule has 0 bridgehead atoms. The summed E-state index contributed by atoms with van der Waals surface area (Å²) < 4.78 is 7.56. The van der Waals surface area contributed by atoms with Crippen molar-refractivity contribution in [2.24, 2.45) is 0 Å². The molecule has 0 amide bonds. The van der Waals surface area contributed by atoms with Crippen molar-refractivity contribution in [3.63, 3.8) is 0 Å². The summed E-state index contributed by atoms with van der Waals surface area (Å²) in [5.74, 6) is 3.48. The van der Waals surface area contributed by atoms with E-state index in [0.29, 0.717) is 6.04 Å². The minimum Gasteiger partial charge on any atom is -0.486 e. The van der Waals surface area contributed by atoms with Crippen LogP contribution in [0, 0.1) is 0 Å². The molecule has 1 N–H and O–H groups in total. The highest BCUT2D eigenvalue weighted by Gasteiger charge is 2.41. The van der Waals surface area contributed by atoms with Gasteiger partial charge in [0.05, 0.1) is 0 Å². The van der Waals surface area contributed by atoms with E-state index in [1.54, 1.807) is 0 Å². The molecule has 110 valence electrons. The van der Waals surface area contributed by atoms with Crippen LogP contribution in [0.5, 0.6) is 5.75 Å². The highest BCUT2D eigenvalue weighted by molar-refractivity contribution is 9.10. The van der Waals surface area contributed by atoms with Crippen LogP contribution in [0.15, 0.2) is 22.7 Å². The summed E-state index contributed by atoms with van der Waals surface area (Å²) >= 11 is 5.61. The van der Waals surface area contributed by atoms with Gasteiger partial charge >= 0.3 is 0 Å². The fraction of sp³-hybridized carbons (Fsp3) is 0.625. The summed E-state index contributed by atoms with van der Waals surface area (Å²) in [6, 6.07) is 6.90. The minimum atomic E-state index is 0.0438. The van der Waals surface area contributed by atoms with Gasteiger partial charge in [-0.15, -0.1) is 0 Å². The summed E-state index contributed by atoms with van der Waals surface area (Å²) in [5.41, 5.74) is 1.37. The molecule has 1 saturated heterocycles. The van der Waals surface area contributed by atoms with Crippen LogP contribution in [0.1, 0.15) is 44.2 Å². The average molecular weight is 356 g/mol. The topological polar surface area (TPSA) is 21.3 Å². The minimum absolute atomic E-state index is 0.0438. The van der Waals surface area contributed by atoms with Crippen LogP contribution in [0.4, 0.5) is 0 Å². The van der Waals surface area contributed by atoms with Gasteiger partial charge in [-0.1, -0.05) is 28.9 Å². The molecule has 1 spiro atoms. The predicted molar refractivity (Wildman–Crippen MR) is 89.7 cm³/mol. The number of hydrogen-bond acceptors (Lipinski definition) is 3. The van der Waals surface area contributed by atoms with Crippen LogP contribution in [0.2, 0.25) is 0 Å². The van der Waals surface area contributed by atoms with Crippen LogP contribution < -0.4 is 10.1 Å². The maximum Gasteiger partial charge on any atom is 0.126 e. The maximum absolute atomic E-state index is 6.46. The van der Waals surface area contributed by atoms with Gasteiger partial charge in [0.2, 0.25) is 0 Å². The summed E-state index contributed by atoms with van der Waals surface area (Å²) in [5, 5.41) is 3.71. The molecule has 2 aliphatic rings. The van der Waals surface area contributed by atoms with Crippen molar-refractivity contribution < 1.29 is 4.74 Å². The van der Waals surface area contributed by atoms with E-state index in [1.807, 2.05) is 11.8 Å². The molecule has 3 rings (SSSR count). The predicted octanol–water partition coefficient (Wildman–Crippen LogP) is 4.54. The van der Waals surface area contributed by atoms with Gasteiger partial charge in [-0.25, -0.2) is 0 Å². The van der Waals surface area contributed by atoms with Crippen LogP contribution in [-0.2, 0) is 0 Å². The molecule has 0 radical (unpaired) electrons. The molecule has 1 aromatic carbocycles. The molecule has 0 aliphatic carbocycles. The standard InChI is InChI=1S/C16H22BrNOS/c1-2-7-18-14-10-16(6-3-8-20-11-16)19-15-9-12(17)4-5-13(14)15/h4-5,9,14,18H,2-3,6-8,10-11H2,1H3. The Morgan fingerprint density at radius 3 is 3.15 bits per heavy atom. The number of halogens is 1. The Morgan fingerprint density at radius 1 is 1.50 bits per heavy atom. The van der Waals surface area contributed by atoms with E-state index in [4.69, 9.17) is 4.74 Å². The number of ether oxygens (including phenoxy) is 1. The molecular formula is C16H22BrNOS. The number of nitrogens with one attached hydrogen (secondary N) is 1. The first kappa shape index (κ1) is 14.7. The quantitative estimate of drug-likeness (QED) is 0.859. The largest absolute Gasteiger partial charge is 0.486 e. The summed E-state index contributed by atoms with van der Waals surface area (Å²) in [7, 11) is 0. The van der Waals surface area contributed by atoms with Gasteiger partial charge in [-0.2, -0.15) is 11.8 Å². The van der Waals surface area contributed by atoms with Crippen LogP contribution >= 0.6 is 27.7 Å². The third-order valence-corrected chi connectivity index (χ3v) is 5.98. The zero-order valence-electron chi connectivity index (χ0n) is 12.0. The van der Waals surface area contributed by atoms with Crippen molar-refractivity contribution in [1.82, 2.24) is 5.32 Å². The Labute approximate surface area is 134 Å². The molecule has 1 aromatic rings. The van der Waals surface area contributed by atoms with E-state index in [0.717, 1.165) is 28.9 Å². The SMILES string of the molecule is CCCNC1CC2(CCCSC2)Oc2cc(Br)ccc21. The second-order valence-corrected chi connectivity index (χ2v) is 7.86. The number of fused-ring (bicyclic) bond motifs is 1. The summed E-state index contributed by atoms with van der Waals surface area (Å²) in [4.78, 5) is 0. The number of thioether (sulfide) groups is 1. The summed E-state index contributed by atoms with van der Waals surface area (Å²) in [6.07, 6.45) is 4.74. The third kappa shape index (κ3) is 3.02. The van der Waals surface area contributed by atoms with Gasteiger partial charge in [0.1, 0.15) is 11.4 Å². The van der Waals surface area contributed by atoms with E-state index in [1.165, 1.54) is 30.6 Å². The molecule has 2 atom stereocenters. The molecule has 20 heavy (non-hydrogen) atoms. The molecular weight excluding hydrogens is 334 g/mol. The lowest BCUT2D eigenvalue weighted by Crippen LogP contribution is -2.47. The smallest absolute Gasteiger partial charge is 0.126 e. The molecule has 2 heterocycles. The monoisotopic (exact) mass is 355 g/mol. The van der Waals surface area contributed by atoms with E-state index in [2.05, 4.69) is 46.4 Å². The molecule has 0 saturated carbocycles. The Hall–Kier alpha value is -0.190. The van der Waals surface area contributed by atoms with E-state index >= 15 is 0 Å². The fourth-order valence-corrected chi connectivity index (χ4v) is 4.74.